The molecule has 2 nitrogen and oxygen atoms in total. The summed E-state index contributed by atoms with van der Waals surface area (Å²) in [6.07, 6.45) is 0.731. The molecular weight excluding hydrogens is 254 g/mol. The van der Waals surface area contributed by atoms with Crippen LogP contribution in [-0.2, 0) is 6.42 Å². The molecule has 17 heavy (non-hydrogen) atoms. The Balaban J connectivity index is 2.15. The Morgan fingerprint density at radius 2 is 2.18 bits per heavy atom. The van der Waals surface area contributed by atoms with Crippen LogP contribution in [0, 0.1) is 6.92 Å². The maximum absolute atomic E-state index is 6.37. The van der Waals surface area contributed by atoms with Crippen LogP contribution in [0.25, 0.3) is 0 Å². The molecule has 1 aromatic heterocycles. The predicted molar refractivity (Wildman–Crippen MR) is 72.1 cm³/mol. The highest BCUT2D eigenvalue weighted by Gasteiger charge is 2.14. The molecule has 90 valence electrons. The highest BCUT2D eigenvalue weighted by Crippen LogP contribution is 2.29. The van der Waals surface area contributed by atoms with E-state index < -0.39 is 0 Å². The number of aromatic nitrogens is 1. The molecule has 0 radical (unpaired) electrons. The molecule has 4 heteroatoms. The van der Waals surface area contributed by atoms with Crippen LogP contribution >= 0.6 is 22.9 Å². The summed E-state index contributed by atoms with van der Waals surface area (Å²) in [6, 6.07) is 7.94. The van der Waals surface area contributed by atoms with Crippen molar-refractivity contribution in [1.82, 2.24) is 4.98 Å². The van der Waals surface area contributed by atoms with Crippen LogP contribution in [0.2, 0.25) is 0 Å². The van der Waals surface area contributed by atoms with Crippen molar-refractivity contribution in [1.29, 1.82) is 0 Å². The van der Waals surface area contributed by atoms with Crippen molar-refractivity contribution in [3.8, 4) is 5.75 Å². The molecule has 0 aliphatic rings. The zero-order chi connectivity index (χ0) is 12.3. The van der Waals surface area contributed by atoms with Crippen molar-refractivity contribution < 1.29 is 4.74 Å². The number of alkyl halides is 1. The standard InChI is InChI=1S/C13H14ClNOS/c1-9-15-12(8-17-9)11(14)7-10-5-3-4-6-13(10)16-2/h3-6,8,11H,7H2,1-2H3. The van der Waals surface area contributed by atoms with Gasteiger partial charge in [-0.25, -0.2) is 4.98 Å². The molecule has 0 spiro atoms. The lowest BCUT2D eigenvalue weighted by atomic mass is 10.1. The van der Waals surface area contributed by atoms with Gasteiger partial charge in [0.05, 0.1) is 23.2 Å². The number of ether oxygens (including phenoxy) is 1. The van der Waals surface area contributed by atoms with E-state index in [0.29, 0.717) is 0 Å². The molecule has 0 aliphatic carbocycles. The van der Waals surface area contributed by atoms with Gasteiger partial charge in [-0.05, 0) is 25.0 Å². The molecule has 0 bridgehead atoms. The quantitative estimate of drug-likeness (QED) is 0.782. The number of halogens is 1. The lowest BCUT2D eigenvalue weighted by Gasteiger charge is -2.10. The maximum Gasteiger partial charge on any atom is 0.122 e. The number of methoxy groups -OCH3 is 1. The van der Waals surface area contributed by atoms with Crippen LogP contribution in [0.5, 0.6) is 5.75 Å². The summed E-state index contributed by atoms with van der Waals surface area (Å²) in [7, 11) is 1.68. The van der Waals surface area contributed by atoms with E-state index in [1.54, 1.807) is 18.4 Å². The first-order valence-electron chi connectivity index (χ1n) is 5.38. The minimum Gasteiger partial charge on any atom is -0.496 e. The van der Waals surface area contributed by atoms with Gasteiger partial charge in [0.25, 0.3) is 0 Å². The SMILES string of the molecule is COc1ccccc1CC(Cl)c1csc(C)n1. The van der Waals surface area contributed by atoms with Gasteiger partial charge >= 0.3 is 0 Å². The minimum absolute atomic E-state index is 0.101. The van der Waals surface area contributed by atoms with Gasteiger partial charge < -0.3 is 4.74 Å². The van der Waals surface area contributed by atoms with E-state index in [1.807, 2.05) is 36.6 Å². The van der Waals surface area contributed by atoms with Gasteiger partial charge in [0.15, 0.2) is 0 Å². The monoisotopic (exact) mass is 267 g/mol. The Morgan fingerprint density at radius 1 is 1.41 bits per heavy atom. The summed E-state index contributed by atoms with van der Waals surface area (Å²) >= 11 is 8.00. The van der Waals surface area contributed by atoms with E-state index in [-0.39, 0.29) is 5.38 Å². The Morgan fingerprint density at radius 3 is 2.82 bits per heavy atom. The number of rotatable bonds is 4. The van der Waals surface area contributed by atoms with Gasteiger partial charge in [-0.2, -0.15) is 0 Å². The molecule has 1 atom stereocenters. The van der Waals surface area contributed by atoms with Crippen LogP contribution in [0.3, 0.4) is 0 Å². The summed E-state index contributed by atoms with van der Waals surface area (Å²) in [5, 5.41) is 2.96. The molecule has 0 N–H and O–H groups in total. The maximum atomic E-state index is 6.37. The second kappa shape index (κ2) is 5.52. The molecule has 0 aliphatic heterocycles. The van der Waals surface area contributed by atoms with Crippen LogP contribution in [0.15, 0.2) is 29.6 Å². The van der Waals surface area contributed by atoms with Crippen molar-refractivity contribution >= 4 is 22.9 Å². The minimum atomic E-state index is -0.101. The fraction of sp³-hybridized carbons (Fsp3) is 0.308. The van der Waals surface area contributed by atoms with Crippen molar-refractivity contribution in [2.45, 2.75) is 18.7 Å². The lowest BCUT2D eigenvalue weighted by molar-refractivity contribution is 0.409. The normalized spacial score (nSPS) is 12.4. The van der Waals surface area contributed by atoms with Crippen LogP contribution in [0.4, 0.5) is 0 Å². The number of aryl methyl sites for hydroxylation is 1. The molecule has 2 aromatic rings. The van der Waals surface area contributed by atoms with E-state index in [2.05, 4.69) is 4.98 Å². The summed E-state index contributed by atoms with van der Waals surface area (Å²) in [5.74, 6) is 0.880. The molecule has 2 rings (SSSR count). The first-order chi connectivity index (χ1) is 8.20. The molecule has 0 saturated heterocycles. The molecule has 0 amide bonds. The van der Waals surface area contributed by atoms with Gasteiger partial charge in [0, 0.05) is 5.38 Å². The second-order valence-corrected chi connectivity index (χ2v) is 5.36. The van der Waals surface area contributed by atoms with Crippen molar-refractivity contribution in [2.75, 3.05) is 7.11 Å². The van der Waals surface area contributed by atoms with Gasteiger partial charge in [-0.15, -0.1) is 22.9 Å². The number of thiazole rings is 1. The van der Waals surface area contributed by atoms with E-state index in [0.717, 1.165) is 28.4 Å². The van der Waals surface area contributed by atoms with E-state index in [9.17, 15) is 0 Å². The van der Waals surface area contributed by atoms with E-state index in [4.69, 9.17) is 16.3 Å². The molecule has 1 unspecified atom stereocenters. The second-order valence-electron chi connectivity index (χ2n) is 3.77. The number of para-hydroxylation sites is 1. The first kappa shape index (κ1) is 12.4. The van der Waals surface area contributed by atoms with Gasteiger partial charge in [0.1, 0.15) is 5.75 Å². The Hall–Kier alpha value is -1.06. The van der Waals surface area contributed by atoms with Crippen LogP contribution < -0.4 is 4.74 Å². The zero-order valence-corrected chi connectivity index (χ0v) is 11.4. The molecule has 0 fully saturated rings. The number of benzene rings is 1. The zero-order valence-electron chi connectivity index (χ0n) is 9.81. The smallest absolute Gasteiger partial charge is 0.122 e. The van der Waals surface area contributed by atoms with Crippen molar-refractivity contribution in [3.63, 3.8) is 0 Å². The van der Waals surface area contributed by atoms with Crippen LogP contribution in [-0.4, -0.2) is 12.1 Å². The third-order valence-electron chi connectivity index (χ3n) is 2.55. The fourth-order valence-corrected chi connectivity index (χ4v) is 2.71. The van der Waals surface area contributed by atoms with E-state index >= 15 is 0 Å². The van der Waals surface area contributed by atoms with Gasteiger partial charge in [-0.3, -0.25) is 0 Å². The van der Waals surface area contributed by atoms with E-state index in [1.165, 1.54) is 0 Å². The third-order valence-corrected chi connectivity index (χ3v) is 3.72. The highest BCUT2D eigenvalue weighted by molar-refractivity contribution is 7.09. The highest BCUT2D eigenvalue weighted by atomic mass is 35.5. The number of hydrogen-bond acceptors (Lipinski definition) is 3. The van der Waals surface area contributed by atoms with Crippen molar-refractivity contribution in [3.05, 3.63) is 45.9 Å². The summed E-state index contributed by atoms with van der Waals surface area (Å²) in [6.45, 7) is 1.99. The lowest BCUT2D eigenvalue weighted by Crippen LogP contribution is -1.99. The average molecular weight is 268 g/mol. The molecule has 1 aromatic carbocycles. The van der Waals surface area contributed by atoms with Crippen molar-refractivity contribution in [2.24, 2.45) is 0 Å². The average Bonchev–Trinajstić information content (AvgIpc) is 2.77. The molecular formula is C13H14ClNOS. The molecule has 0 saturated carbocycles. The summed E-state index contributed by atoms with van der Waals surface area (Å²) in [5.41, 5.74) is 2.06. The molecule has 1 heterocycles. The Kier molecular flexibility index (Phi) is 4.02. The fourth-order valence-electron chi connectivity index (χ4n) is 1.69. The third kappa shape index (κ3) is 2.99. The number of hydrogen-bond donors (Lipinski definition) is 0. The summed E-state index contributed by atoms with van der Waals surface area (Å²) < 4.78 is 5.31. The topological polar surface area (TPSA) is 22.1 Å². The largest absolute Gasteiger partial charge is 0.496 e. The van der Waals surface area contributed by atoms with Gasteiger partial charge in [0.2, 0.25) is 0 Å². The number of nitrogens with zero attached hydrogens (tertiary/aromatic N) is 1. The van der Waals surface area contributed by atoms with Crippen LogP contribution in [0.1, 0.15) is 21.6 Å². The first-order valence-corrected chi connectivity index (χ1v) is 6.70. The Bertz CT molecular complexity index is 498. The predicted octanol–water partition coefficient (Wildman–Crippen LogP) is 3.98. The Labute approximate surface area is 110 Å². The summed E-state index contributed by atoms with van der Waals surface area (Å²) in [4.78, 5) is 4.41. The van der Waals surface area contributed by atoms with Gasteiger partial charge in [-0.1, -0.05) is 18.2 Å².